The Kier molecular flexibility index (Phi) is 3.79. The van der Waals surface area contributed by atoms with Gasteiger partial charge in [-0.05, 0) is 43.0 Å². The monoisotopic (exact) mass is 232 g/mol. The molecule has 0 aliphatic carbocycles. The van der Waals surface area contributed by atoms with Gasteiger partial charge in [0.15, 0.2) is 0 Å². The van der Waals surface area contributed by atoms with E-state index in [9.17, 15) is 4.79 Å². The van der Waals surface area contributed by atoms with Gasteiger partial charge in [0.25, 0.3) is 0 Å². The molecular weight excluding hydrogens is 212 g/mol. The molecule has 1 aliphatic heterocycles. The van der Waals surface area contributed by atoms with Gasteiger partial charge in [-0.2, -0.15) is 0 Å². The van der Waals surface area contributed by atoms with Crippen molar-refractivity contribution in [2.45, 2.75) is 38.6 Å². The SMILES string of the molecule is CC(C)c1ccc(NC(=O)[C@@H]2CCCN2)cc1. The van der Waals surface area contributed by atoms with Gasteiger partial charge in [0.1, 0.15) is 0 Å². The van der Waals surface area contributed by atoms with Crippen LogP contribution in [0, 0.1) is 0 Å². The van der Waals surface area contributed by atoms with E-state index in [0.717, 1.165) is 25.1 Å². The van der Waals surface area contributed by atoms with Crippen molar-refractivity contribution in [3.63, 3.8) is 0 Å². The maximum atomic E-state index is 11.9. The molecule has 1 aromatic carbocycles. The summed E-state index contributed by atoms with van der Waals surface area (Å²) in [5, 5.41) is 6.14. The van der Waals surface area contributed by atoms with Crippen molar-refractivity contribution in [1.82, 2.24) is 5.32 Å². The van der Waals surface area contributed by atoms with Crippen molar-refractivity contribution < 1.29 is 4.79 Å². The lowest BCUT2D eigenvalue weighted by Crippen LogP contribution is -2.35. The van der Waals surface area contributed by atoms with Crippen molar-refractivity contribution in [3.8, 4) is 0 Å². The molecule has 0 radical (unpaired) electrons. The number of carbonyl (C=O) groups is 1. The molecule has 1 fully saturated rings. The summed E-state index contributed by atoms with van der Waals surface area (Å²) in [6, 6.07) is 8.08. The highest BCUT2D eigenvalue weighted by Crippen LogP contribution is 2.17. The zero-order valence-corrected chi connectivity index (χ0v) is 10.5. The maximum Gasteiger partial charge on any atom is 0.241 e. The van der Waals surface area contributed by atoms with E-state index in [4.69, 9.17) is 0 Å². The van der Waals surface area contributed by atoms with E-state index in [1.54, 1.807) is 0 Å². The first-order chi connectivity index (χ1) is 8.16. The van der Waals surface area contributed by atoms with Crippen molar-refractivity contribution >= 4 is 11.6 Å². The van der Waals surface area contributed by atoms with Crippen LogP contribution in [0.3, 0.4) is 0 Å². The number of benzene rings is 1. The predicted octanol–water partition coefficient (Wildman–Crippen LogP) is 2.50. The largest absolute Gasteiger partial charge is 0.325 e. The minimum atomic E-state index is -0.0141. The van der Waals surface area contributed by atoms with Crippen LogP contribution in [0.25, 0.3) is 0 Å². The Morgan fingerprint density at radius 1 is 1.35 bits per heavy atom. The van der Waals surface area contributed by atoms with Crippen molar-refractivity contribution in [2.24, 2.45) is 0 Å². The third-order valence-corrected chi connectivity index (χ3v) is 3.22. The first kappa shape index (κ1) is 12.1. The first-order valence-corrected chi connectivity index (χ1v) is 6.31. The smallest absolute Gasteiger partial charge is 0.241 e. The normalized spacial score (nSPS) is 19.6. The second kappa shape index (κ2) is 5.32. The molecule has 1 aromatic rings. The Balaban J connectivity index is 1.96. The van der Waals surface area contributed by atoms with E-state index in [-0.39, 0.29) is 11.9 Å². The molecule has 0 saturated carbocycles. The van der Waals surface area contributed by atoms with Gasteiger partial charge in [-0.25, -0.2) is 0 Å². The minimum Gasteiger partial charge on any atom is -0.325 e. The summed E-state index contributed by atoms with van der Waals surface area (Å²) in [5.74, 6) is 0.607. The number of amides is 1. The highest BCUT2D eigenvalue weighted by Gasteiger charge is 2.21. The van der Waals surface area contributed by atoms with Gasteiger partial charge in [0.05, 0.1) is 6.04 Å². The van der Waals surface area contributed by atoms with Crippen LogP contribution >= 0.6 is 0 Å². The first-order valence-electron chi connectivity index (χ1n) is 6.31. The van der Waals surface area contributed by atoms with Gasteiger partial charge in [-0.15, -0.1) is 0 Å². The molecule has 3 heteroatoms. The van der Waals surface area contributed by atoms with Gasteiger partial charge in [0, 0.05) is 5.69 Å². The molecule has 1 aliphatic rings. The van der Waals surface area contributed by atoms with E-state index in [2.05, 4.69) is 36.6 Å². The Hall–Kier alpha value is -1.35. The predicted molar refractivity (Wildman–Crippen MR) is 70.2 cm³/mol. The lowest BCUT2D eigenvalue weighted by atomic mass is 10.0. The minimum absolute atomic E-state index is 0.0141. The van der Waals surface area contributed by atoms with E-state index in [1.165, 1.54) is 5.56 Å². The lowest BCUT2D eigenvalue weighted by Gasteiger charge is -2.12. The Labute approximate surface area is 103 Å². The Bertz CT molecular complexity index is 378. The van der Waals surface area contributed by atoms with Crippen LogP contribution in [-0.2, 0) is 4.79 Å². The molecule has 0 spiro atoms. The van der Waals surface area contributed by atoms with Crippen LogP contribution in [0.2, 0.25) is 0 Å². The van der Waals surface area contributed by atoms with E-state index in [0.29, 0.717) is 5.92 Å². The molecule has 92 valence electrons. The van der Waals surface area contributed by atoms with Crippen LogP contribution in [-0.4, -0.2) is 18.5 Å². The summed E-state index contributed by atoms with van der Waals surface area (Å²) in [5.41, 5.74) is 2.18. The third kappa shape index (κ3) is 3.07. The molecule has 0 aromatic heterocycles. The number of hydrogen-bond donors (Lipinski definition) is 2. The second-order valence-electron chi connectivity index (χ2n) is 4.91. The van der Waals surface area contributed by atoms with E-state index < -0.39 is 0 Å². The van der Waals surface area contributed by atoms with Crippen molar-refractivity contribution in [3.05, 3.63) is 29.8 Å². The summed E-state index contributed by atoms with van der Waals surface area (Å²) < 4.78 is 0. The molecule has 0 bridgehead atoms. The topological polar surface area (TPSA) is 41.1 Å². The highest BCUT2D eigenvalue weighted by molar-refractivity contribution is 5.95. The number of carbonyl (C=O) groups excluding carboxylic acids is 1. The van der Waals surface area contributed by atoms with Crippen LogP contribution < -0.4 is 10.6 Å². The van der Waals surface area contributed by atoms with Gasteiger partial charge < -0.3 is 10.6 Å². The molecule has 0 unspecified atom stereocenters. The quantitative estimate of drug-likeness (QED) is 0.840. The maximum absolute atomic E-state index is 11.9. The van der Waals surface area contributed by atoms with Crippen LogP contribution in [0.15, 0.2) is 24.3 Å². The van der Waals surface area contributed by atoms with Gasteiger partial charge in [0.2, 0.25) is 5.91 Å². The molecular formula is C14H20N2O. The fraction of sp³-hybridized carbons (Fsp3) is 0.500. The fourth-order valence-corrected chi connectivity index (χ4v) is 2.09. The zero-order valence-electron chi connectivity index (χ0n) is 10.5. The molecule has 2 N–H and O–H groups in total. The van der Waals surface area contributed by atoms with E-state index in [1.807, 2.05) is 12.1 Å². The molecule has 1 heterocycles. The van der Waals surface area contributed by atoms with E-state index >= 15 is 0 Å². The second-order valence-corrected chi connectivity index (χ2v) is 4.91. The zero-order chi connectivity index (χ0) is 12.3. The van der Waals surface area contributed by atoms with Gasteiger partial charge in [-0.1, -0.05) is 26.0 Å². The molecule has 2 rings (SSSR count). The molecule has 1 saturated heterocycles. The molecule has 3 nitrogen and oxygen atoms in total. The number of hydrogen-bond acceptors (Lipinski definition) is 2. The Morgan fingerprint density at radius 3 is 2.59 bits per heavy atom. The lowest BCUT2D eigenvalue weighted by molar-refractivity contribution is -0.117. The summed E-state index contributed by atoms with van der Waals surface area (Å²) in [7, 11) is 0. The number of nitrogens with one attached hydrogen (secondary N) is 2. The average Bonchev–Trinajstić information content (AvgIpc) is 2.83. The summed E-state index contributed by atoms with van der Waals surface area (Å²) >= 11 is 0. The Morgan fingerprint density at radius 2 is 2.06 bits per heavy atom. The van der Waals surface area contributed by atoms with Crippen LogP contribution in [0.1, 0.15) is 38.2 Å². The highest BCUT2D eigenvalue weighted by atomic mass is 16.2. The number of anilines is 1. The van der Waals surface area contributed by atoms with Crippen LogP contribution in [0.5, 0.6) is 0 Å². The van der Waals surface area contributed by atoms with Crippen molar-refractivity contribution in [1.29, 1.82) is 0 Å². The number of rotatable bonds is 3. The molecule has 1 atom stereocenters. The summed E-state index contributed by atoms with van der Waals surface area (Å²) in [4.78, 5) is 11.9. The summed E-state index contributed by atoms with van der Waals surface area (Å²) in [6.45, 7) is 5.27. The fourth-order valence-electron chi connectivity index (χ4n) is 2.09. The average molecular weight is 232 g/mol. The summed E-state index contributed by atoms with van der Waals surface area (Å²) in [6.07, 6.45) is 2.03. The van der Waals surface area contributed by atoms with Crippen molar-refractivity contribution in [2.75, 3.05) is 11.9 Å². The molecule has 17 heavy (non-hydrogen) atoms. The third-order valence-electron chi connectivity index (χ3n) is 3.22. The van der Waals surface area contributed by atoms with Crippen LogP contribution in [0.4, 0.5) is 5.69 Å². The van der Waals surface area contributed by atoms with Gasteiger partial charge in [-0.3, -0.25) is 4.79 Å². The van der Waals surface area contributed by atoms with Gasteiger partial charge >= 0.3 is 0 Å². The standard InChI is InChI=1S/C14H20N2O/c1-10(2)11-5-7-12(8-6-11)16-14(17)13-4-3-9-15-13/h5-8,10,13,15H,3-4,9H2,1-2H3,(H,16,17)/t13-/m0/s1. The molecule has 1 amide bonds.